The predicted molar refractivity (Wildman–Crippen MR) is 125 cm³/mol. The molecule has 1 amide bonds. The van der Waals surface area contributed by atoms with Crippen LogP contribution in [0.25, 0.3) is 21.8 Å². The number of aromatic carboxylic acids is 1. The van der Waals surface area contributed by atoms with Gasteiger partial charge in [0.25, 0.3) is 17.0 Å². The van der Waals surface area contributed by atoms with Gasteiger partial charge in [-0.3, -0.25) is 19.2 Å². The lowest BCUT2D eigenvalue weighted by Crippen LogP contribution is -2.35. The van der Waals surface area contributed by atoms with Crippen molar-refractivity contribution in [1.82, 2.24) is 14.5 Å². The molecule has 0 radical (unpaired) electrons. The standard InChI is InChI=1S/C13H12N2O4.C11H9NO3/c1-15-10-5-3-2-4-8(10)6-9(13(15)19)12(18)14-7-11(16)17;1-12-9-5-3-2-4-7(9)6-8(10(12)13)11(14)15/h2-6H,7H2,1H3,(H,14,18)(H,16,17);2-6H,1H3,(H,14,15). The first-order valence-electron chi connectivity index (χ1n) is 10.0. The van der Waals surface area contributed by atoms with Crippen molar-refractivity contribution in [1.29, 1.82) is 0 Å². The van der Waals surface area contributed by atoms with Gasteiger partial charge in [0.2, 0.25) is 0 Å². The molecule has 2 aromatic carbocycles. The quantitative estimate of drug-likeness (QED) is 0.416. The van der Waals surface area contributed by atoms with E-state index in [1.54, 1.807) is 56.6 Å². The van der Waals surface area contributed by atoms with E-state index in [0.29, 0.717) is 5.52 Å². The molecule has 4 aromatic rings. The Hall–Kier alpha value is -4.73. The number of carbonyl (C=O) groups excluding carboxylic acids is 1. The van der Waals surface area contributed by atoms with Crippen molar-refractivity contribution in [2.75, 3.05) is 6.54 Å². The number of carboxylic acids is 2. The molecule has 0 aliphatic carbocycles. The Morgan fingerprint density at radius 3 is 1.68 bits per heavy atom. The van der Waals surface area contributed by atoms with E-state index in [-0.39, 0.29) is 11.1 Å². The number of rotatable bonds is 4. The van der Waals surface area contributed by atoms with E-state index < -0.39 is 35.5 Å². The zero-order valence-electron chi connectivity index (χ0n) is 18.3. The number of fused-ring (bicyclic) bond motifs is 2. The number of carboxylic acid groups (broad SMARTS) is 2. The minimum Gasteiger partial charge on any atom is -0.480 e. The third-order valence-electron chi connectivity index (χ3n) is 5.14. The highest BCUT2D eigenvalue weighted by Gasteiger charge is 2.14. The number of aromatic nitrogens is 2. The van der Waals surface area contributed by atoms with E-state index in [9.17, 15) is 24.0 Å². The van der Waals surface area contributed by atoms with E-state index in [2.05, 4.69) is 5.32 Å². The molecule has 0 bridgehead atoms. The van der Waals surface area contributed by atoms with Crippen LogP contribution in [0, 0.1) is 0 Å². The molecule has 0 aliphatic rings. The normalized spacial score (nSPS) is 10.4. The molecule has 10 nitrogen and oxygen atoms in total. The van der Waals surface area contributed by atoms with Gasteiger partial charge in [0.1, 0.15) is 17.7 Å². The van der Waals surface area contributed by atoms with Gasteiger partial charge in [0.05, 0.1) is 11.0 Å². The SMILES string of the molecule is Cn1c(=O)c(C(=O)NCC(=O)O)cc2ccccc21.Cn1c(=O)c(C(=O)O)cc2ccccc21. The van der Waals surface area contributed by atoms with Gasteiger partial charge in [-0.1, -0.05) is 36.4 Å². The number of pyridine rings is 2. The van der Waals surface area contributed by atoms with Crippen molar-refractivity contribution in [2.24, 2.45) is 14.1 Å². The van der Waals surface area contributed by atoms with Gasteiger partial charge in [-0.15, -0.1) is 0 Å². The van der Waals surface area contributed by atoms with Crippen LogP contribution >= 0.6 is 0 Å². The largest absolute Gasteiger partial charge is 0.480 e. The summed E-state index contributed by atoms with van der Waals surface area (Å²) < 4.78 is 2.71. The maximum absolute atomic E-state index is 12.0. The van der Waals surface area contributed by atoms with E-state index in [1.807, 2.05) is 6.07 Å². The van der Waals surface area contributed by atoms with Crippen molar-refractivity contribution in [3.63, 3.8) is 0 Å². The first-order chi connectivity index (χ1) is 16.1. The lowest BCUT2D eigenvalue weighted by atomic mass is 10.1. The molecule has 0 aliphatic heterocycles. The molecule has 174 valence electrons. The van der Waals surface area contributed by atoms with E-state index in [0.717, 1.165) is 16.3 Å². The van der Waals surface area contributed by atoms with Crippen LogP contribution in [0.2, 0.25) is 0 Å². The fourth-order valence-electron chi connectivity index (χ4n) is 3.41. The number of benzene rings is 2. The van der Waals surface area contributed by atoms with Crippen molar-refractivity contribution in [2.45, 2.75) is 0 Å². The lowest BCUT2D eigenvalue weighted by molar-refractivity contribution is -0.135. The molecule has 2 aromatic heterocycles. The number of aliphatic carboxylic acids is 1. The number of hydrogen-bond acceptors (Lipinski definition) is 5. The average Bonchev–Trinajstić information content (AvgIpc) is 2.82. The van der Waals surface area contributed by atoms with Crippen LogP contribution in [0.4, 0.5) is 0 Å². The van der Waals surface area contributed by atoms with Gasteiger partial charge in [-0.25, -0.2) is 4.79 Å². The molecule has 0 spiro atoms. The van der Waals surface area contributed by atoms with Gasteiger partial charge in [-0.05, 0) is 35.0 Å². The molecule has 0 atom stereocenters. The van der Waals surface area contributed by atoms with Crippen LogP contribution in [0.3, 0.4) is 0 Å². The topological polar surface area (TPSA) is 148 Å². The molecular weight excluding hydrogens is 442 g/mol. The summed E-state index contributed by atoms with van der Waals surface area (Å²) in [5.74, 6) is -3.04. The summed E-state index contributed by atoms with van der Waals surface area (Å²) in [6.45, 7) is -0.519. The van der Waals surface area contributed by atoms with Gasteiger partial charge in [0, 0.05) is 14.1 Å². The lowest BCUT2D eigenvalue weighted by Gasteiger charge is -2.08. The molecule has 0 unspecified atom stereocenters. The number of para-hydroxylation sites is 2. The summed E-state index contributed by atoms with van der Waals surface area (Å²) in [7, 11) is 3.13. The maximum Gasteiger partial charge on any atom is 0.341 e. The maximum atomic E-state index is 12.0. The second kappa shape index (κ2) is 9.82. The first kappa shape index (κ1) is 23.9. The van der Waals surface area contributed by atoms with Crippen LogP contribution in [0.5, 0.6) is 0 Å². The number of hydrogen-bond donors (Lipinski definition) is 3. The number of nitrogens with one attached hydrogen (secondary N) is 1. The van der Waals surface area contributed by atoms with Crippen LogP contribution in [0.1, 0.15) is 20.7 Å². The van der Waals surface area contributed by atoms with Crippen LogP contribution in [-0.2, 0) is 18.9 Å². The highest BCUT2D eigenvalue weighted by atomic mass is 16.4. The predicted octanol–water partition coefficient (Wildman–Crippen LogP) is 1.59. The minimum absolute atomic E-state index is 0.0672. The molecule has 0 fully saturated rings. The summed E-state index contributed by atoms with van der Waals surface area (Å²) >= 11 is 0. The summed E-state index contributed by atoms with van der Waals surface area (Å²) in [6, 6.07) is 17.2. The molecule has 3 N–H and O–H groups in total. The highest BCUT2D eigenvalue weighted by molar-refractivity contribution is 5.98. The number of amides is 1. The van der Waals surface area contributed by atoms with Crippen molar-refractivity contribution >= 4 is 39.7 Å². The van der Waals surface area contributed by atoms with E-state index >= 15 is 0 Å². The zero-order chi connectivity index (χ0) is 25.0. The molecule has 10 heteroatoms. The molecular formula is C24H21N3O7. The molecule has 0 saturated heterocycles. The third-order valence-corrected chi connectivity index (χ3v) is 5.14. The Balaban J connectivity index is 0.000000196. The Bertz CT molecular complexity index is 1550. The fraction of sp³-hybridized carbons (Fsp3) is 0.125. The fourth-order valence-corrected chi connectivity index (χ4v) is 3.41. The smallest absolute Gasteiger partial charge is 0.341 e. The van der Waals surface area contributed by atoms with E-state index in [1.165, 1.54) is 21.3 Å². The highest BCUT2D eigenvalue weighted by Crippen LogP contribution is 2.13. The monoisotopic (exact) mass is 463 g/mol. The summed E-state index contributed by atoms with van der Waals surface area (Å²) in [5.41, 5.74) is 0.233. The van der Waals surface area contributed by atoms with Crippen molar-refractivity contribution in [3.8, 4) is 0 Å². The van der Waals surface area contributed by atoms with Crippen molar-refractivity contribution < 1.29 is 24.6 Å². The Labute approximate surface area is 192 Å². The van der Waals surface area contributed by atoms with Gasteiger partial charge in [0.15, 0.2) is 0 Å². The van der Waals surface area contributed by atoms with Gasteiger partial charge >= 0.3 is 11.9 Å². The molecule has 0 saturated carbocycles. The number of nitrogens with zero attached hydrogens (tertiary/aromatic N) is 2. The zero-order valence-corrected chi connectivity index (χ0v) is 18.3. The second-order valence-corrected chi connectivity index (χ2v) is 7.34. The Morgan fingerprint density at radius 1 is 0.765 bits per heavy atom. The number of carbonyl (C=O) groups is 3. The average molecular weight is 463 g/mol. The second-order valence-electron chi connectivity index (χ2n) is 7.34. The Kier molecular flexibility index (Phi) is 6.91. The van der Waals surface area contributed by atoms with Crippen LogP contribution in [0.15, 0.2) is 70.3 Å². The van der Waals surface area contributed by atoms with Crippen LogP contribution in [-0.4, -0.2) is 43.7 Å². The van der Waals surface area contributed by atoms with Crippen molar-refractivity contribution in [3.05, 3.63) is 92.5 Å². The summed E-state index contributed by atoms with van der Waals surface area (Å²) in [4.78, 5) is 56.6. The van der Waals surface area contributed by atoms with Gasteiger partial charge < -0.3 is 24.7 Å². The molecule has 4 rings (SSSR count). The number of aryl methyl sites for hydroxylation is 2. The van der Waals surface area contributed by atoms with E-state index in [4.69, 9.17) is 10.2 Å². The summed E-state index contributed by atoms with van der Waals surface area (Å²) in [6.07, 6.45) is 0. The minimum atomic E-state index is -1.19. The molecule has 2 heterocycles. The third kappa shape index (κ3) is 4.85. The van der Waals surface area contributed by atoms with Crippen LogP contribution < -0.4 is 16.4 Å². The first-order valence-corrected chi connectivity index (χ1v) is 10.0. The van der Waals surface area contributed by atoms with Gasteiger partial charge in [-0.2, -0.15) is 0 Å². The summed E-state index contributed by atoms with van der Waals surface area (Å²) in [5, 5.41) is 21.0. The molecule has 34 heavy (non-hydrogen) atoms. The Morgan fingerprint density at radius 2 is 1.21 bits per heavy atom.